The molecular weight excluding hydrogens is 212 g/mol. The van der Waals surface area contributed by atoms with Gasteiger partial charge in [-0.25, -0.2) is 4.98 Å². The van der Waals surface area contributed by atoms with Gasteiger partial charge < -0.3 is 9.88 Å². The molecule has 4 heteroatoms. The maximum atomic E-state index is 4.28. The molecule has 0 spiro atoms. The molecule has 0 unspecified atom stereocenters. The summed E-state index contributed by atoms with van der Waals surface area (Å²) >= 11 is 0. The molecule has 0 saturated carbocycles. The highest BCUT2D eigenvalue weighted by Gasteiger charge is 2.00. The number of aromatic nitrogens is 3. The third-order valence-electron chi connectivity index (χ3n) is 2.93. The summed E-state index contributed by atoms with van der Waals surface area (Å²) in [6.07, 6.45) is 5.58. The van der Waals surface area contributed by atoms with Crippen LogP contribution in [0.5, 0.6) is 0 Å². The minimum absolute atomic E-state index is 0.862. The van der Waals surface area contributed by atoms with Gasteiger partial charge in [0.1, 0.15) is 0 Å². The van der Waals surface area contributed by atoms with Crippen LogP contribution in [0.15, 0.2) is 30.9 Å². The number of aryl methyl sites for hydroxylation is 1. The first-order chi connectivity index (χ1) is 8.27. The Bertz CT molecular complexity index is 462. The van der Waals surface area contributed by atoms with Crippen molar-refractivity contribution in [3.8, 4) is 0 Å². The van der Waals surface area contributed by atoms with E-state index >= 15 is 0 Å². The standard InChI is InChI=1S/C13H18N4/c1-11-12(2)17(10-16-11)7-6-15-9-13-4-3-5-14-8-13/h3-5,8,10,15H,6-7,9H2,1-2H3. The predicted molar refractivity (Wildman–Crippen MR) is 67.6 cm³/mol. The van der Waals surface area contributed by atoms with Crippen LogP contribution < -0.4 is 5.32 Å². The van der Waals surface area contributed by atoms with Crippen LogP contribution in [0.1, 0.15) is 17.0 Å². The fourth-order valence-corrected chi connectivity index (χ4v) is 1.70. The molecule has 90 valence electrons. The molecule has 1 N–H and O–H groups in total. The Morgan fingerprint density at radius 3 is 2.88 bits per heavy atom. The van der Waals surface area contributed by atoms with Gasteiger partial charge in [0.05, 0.1) is 12.0 Å². The summed E-state index contributed by atoms with van der Waals surface area (Å²) in [7, 11) is 0. The van der Waals surface area contributed by atoms with E-state index in [2.05, 4.69) is 32.8 Å². The summed E-state index contributed by atoms with van der Waals surface area (Å²) in [6.45, 7) is 6.89. The van der Waals surface area contributed by atoms with Crippen LogP contribution in [0.25, 0.3) is 0 Å². The van der Waals surface area contributed by atoms with Crippen LogP contribution in [0.4, 0.5) is 0 Å². The van der Waals surface area contributed by atoms with Gasteiger partial charge >= 0.3 is 0 Å². The summed E-state index contributed by atoms with van der Waals surface area (Å²) in [5.74, 6) is 0. The summed E-state index contributed by atoms with van der Waals surface area (Å²) in [5, 5.41) is 3.40. The Morgan fingerprint density at radius 1 is 1.35 bits per heavy atom. The molecule has 0 atom stereocenters. The topological polar surface area (TPSA) is 42.7 Å². The van der Waals surface area contributed by atoms with Crippen molar-refractivity contribution in [3.05, 3.63) is 47.8 Å². The van der Waals surface area contributed by atoms with Crippen LogP contribution in [0.2, 0.25) is 0 Å². The van der Waals surface area contributed by atoms with Crippen molar-refractivity contribution in [1.29, 1.82) is 0 Å². The van der Waals surface area contributed by atoms with E-state index in [0.717, 1.165) is 25.3 Å². The monoisotopic (exact) mass is 230 g/mol. The Hall–Kier alpha value is -1.68. The third-order valence-corrected chi connectivity index (χ3v) is 2.93. The fourth-order valence-electron chi connectivity index (χ4n) is 1.70. The summed E-state index contributed by atoms with van der Waals surface area (Å²) in [5.41, 5.74) is 3.57. The second kappa shape index (κ2) is 5.59. The zero-order chi connectivity index (χ0) is 12.1. The molecule has 0 radical (unpaired) electrons. The molecule has 2 rings (SSSR count). The van der Waals surface area contributed by atoms with Crippen molar-refractivity contribution in [2.24, 2.45) is 0 Å². The first-order valence-corrected chi connectivity index (χ1v) is 5.85. The zero-order valence-electron chi connectivity index (χ0n) is 10.3. The number of hydrogen-bond acceptors (Lipinski definition) is 3. The Morgan fingerprint density at radius 2 is 2.24 bits per heavy atom. The number of nitrogens with zero attached hydrogens (tertiary/aromatic N) is 3. The van der Waals surface area contributed by atoms with Gasteiger partial charge in [-0.15, -0.1) is 0 Å². The van der Waals surface area contributed by atoms with E-state index in [9.17, 15) is 0 Å². The smallest absolute Gasteiger partial charge is 0.0951 e. The number of rotatable bonds is 5. The largest absolute Gasteiger partial charge is 0.333 e. The van der Waals surface area contributed by atoms with E-state index in [1.165, 1.54) is 11.3 Å². The van der Waals surface area contributed by atoms with Crippen molar-refractivity contribution in [2.75, 3.05) is 6.54 Å². The van der Waals surface area contributed by atoms with Crippen LogP contribution in [-0.2, 0) is 13.1 Å². The van der Waals surface area contributed by atoms with Gasteiger partial charge in [-0.3, -0.25) is 4.98 Å². The minimum Gasteiger partial charge on any atom is -0.333 e. The lowest BCUT2D eigenvalue weighted by Crippen LogP contribution is -2.19. The molecule has 0 aromatic carbocycles. The molecule has 17 heavy (non-hydrogen) atoms. The molecule has 0 amide bonds. The maximum absolute atomic E-state index is 4.28. The van der Waals surface area contributed by atoms with Gasteiger partial charge in [0, 0.05) is 37.7 Å². The molecule has 0 aliphatic heterocycles. The molecule has 0 saturated heterocycles. The second-order valence-corrected chi connectivity index (χ2v) is 4.15. The number of hydrogen-bond donors (Lipinski definition) is 1. The quantitative estimate of drug-likeness (QED) is 0.795. The van der Waals surface area contributed by atoms with E-state index < -0.39 is 0 Å². The maximum Gasteiger partial charge on any atom is 0.0951 e. The zero-order valence-corrected chi connectivity index (χ0v) is 10.3. The van der Waals surface area contributed by atoms with E-state index in [4.69, 9.17) is 0 Å². The van der Waals surface area contributed by atoms with Crippen molar-refractivity contribution in [1.82, 2.24) is 19.9 Å². The predicted octanol–water partition coefficient (Wildman–Crippen LogP) is 1.68. The molecule has 2 aromatic heterocycles. The first-order valence-electron chi connectivity index (χ1n) is 5.85. The van der Waals surface area contributed by atoms with E-state index in [1.54, 1.807) is 6.20 Å². The highest BCUT2D eigenvalue weighted by Crippen LogP contribution is 2.03. The van der Waals surface area contributed by atoms with Gasteiger partial charge in [-0.1, -0.05) is 6.07 Å². The van der Waals surface area contributed by atoms with Gasteiger partial charge in [0.2, 0.25) is 0 Å². The molecule has 0 aliphatic carbocycles. The average Bonchev–Trinajstić information content (AvgIpc) is 2.67. The fraction of sp³-hybridized carbons (Fsp3) is 0.385. The van der Waals surface area contributed by atoms with Gasteiger partial charge in [0.25, 0.3) is 0 Å². The number of imidazole rings is 1. The second-order valence-electron chi connectivity index (χ2n) is 4.15. The molecular formula is C13H18N4. The molecule has 4 nitrogen and oxygen atoms in total. The summed E-state index contributed by atoms with van der Waals surface area (Å²) < 4.78 is 2.17. The van der Waals surface area contributed by atoms with Crippen molar-refractivity contribution in [3.63, 3.8) is 0 Å². The summed E-state index contributed by atoms with van der Waals surface area (Å²) in [6, 6.07) is 4.03. The lowest BCUT2D eigenvalue weighted by Gasteiger charge is -2.07. The Labute approximate surface area is 102 Å². The molecule has 0 fully saturated rings. The Kier molecular flexibility index (Phi) is 3.88. The molecule has 0 aliphatic rings. The van der Waals surface area contributed by atoms with Crippen LogP contribution in [0, 0.1) is 13.8 Å². The molecule has 0 bridgehead atoms. The van der Waals surface area contributed by atoms with Crippen LogP contribution in [-0.4, -0.2) is 21.1 Å². The highest BCUT2D eigenvalue weighted by atomic mass is 15.1. The van der Waals surface area contributed by atoms with Gasteiger partial charge in [0.15, 0.2) is 0 Å². The van der Waals surface area contributed by atoms with E-state index in [1.807, 2.05) is 25.5 Å². The highest BCUT2D eigenvalue weighted by molar-refractivity contribution is 5.09. The van der Waals surface area contributed by atoms with Crippen molar-refractivity contribution < 1.29 is 0 Å². The SMILES string of the molecule is Cc1ncn(CCNCc2cccnc2)c1C. The van der Waals surface area contributed by atoms with Gasteiger partial charge in [-0.2, -0.15) is 0 Å². The van der Waals surface area contributed by atoms with Gasteiger partial charge in [-0.05, 0) is 25.5 Å². The van der Waals surface area contributed by atoms with E-state index in [-0.39, 0.29) is 0 Å². The average molecular weight is 230 g/mol. The number of nitrogens with one attached hydrogen (secondary N) is 1. The normalized spacial score (nSPS) is 10.7. The molecule has 2 heterocycles. The lowest BCUT2D eigenvalue weighted by molar-refractivity contribution is 0.588. The molecule has 2 aromatic rings. The van der Waals surface area contributed by atoms with Crippen molar-refractivity contribution in [2.45, 2.75) is 26.9 Å². The van der Waals surface area contributed by atoms with Crippen molar-refractivity contribution >= 4 is 0 Å². The summed E-state index contributed by atoms with van der Waals surface area (Å²) in [4.78, 5) is 8.36. The Balaban J connectivity index is 1.75. The minimum atomic E-state index is 0.862. The van der Waals surface area contributed by atoms with E-state index in [0.29, 0.717) is 0 Å². The third kappa shape index (κ3) is 3.14. The van der Waals surface area contributed by atoms with Crippen LogP contribution >= 0.6 is 0 Å². The lowest BCUT2D eigenvalue weighted by atomic mass is 10.3. The first kappa shape index (κ1) is 11.8. The number of pyridine rings is 1. The van der Waals surface area contributed by atoms with Crippen LogP contribution in [0.3, 0.4) is 0 Å².